The number of hydrogen-bond donors (Lipinski definition) is 2. The van der Waals surface area contributed by atoms with Crippen LogP contribution >= 0.6 is 0 Å². The Kier molecular flexibility index (Phi) is 5.92. The lowest BCUT2D eigenvalue weighted by Crippen LogP contribution is -2.44. The number of carbonyl (C=O) groups excluding carboxylic acids is 1. The first-order valence-electron chi connectivity index (χ1n) is 6.59. The van der Waals surface area contributed by atoms with Crippen LogP contribution in [0.1, 0.15) is 40.0 Å². The van der Waals surface area contributed by atoms with Gasteiger partial charge < -0.3 is 15.4 Å². The first kappa shape index (κ1) is 14.5. The van der Waals surface area contributed by atoms with Gasteiger partial charge in [0, 0.05) is 19.7 Å². The van der Waals surface area contributed by atoms with Gasteiger partial charge in [0.1, 0.15) is 0 Å². The maximum absolute atomic E-state index is 11.9. The monoisotopic (exact) mass is 242 g/mol. The molecular formula is C13H26N2O2. The number of rotatable bonds is 6. The Bertz CT molecular complexity index is 244. The highest BCUT2D eigenvalue weighted by Crippen LogP contribution is 2.11. The number of hydrogen-bond acceptors (Lipinski definition) is 3. The van der Waals surface area contributed by atoms with Crippen LogP contribution in [0.5, 0.6) is 0 Å². The topological polar surface area (TPSA) is 50.4 Å². The molecule has 0 aromatic rings. The average molecular weight is 242 g/mol. The van der Waals surface area contributed by atoms with E-state index >= 15 is 0 Å². The van der Waals surface area contributed by atoms with Crippen LogP contribution in [-0.2, 0) is 9.53 Å². The quantitative estimate of drug-likeness (QED) is 0.738. The van der Waals surface area contributed by atoms with Crippen molar-refractivity contribution in [2.75, 3.05) is 13.7 Å². The summed E-state index contributed by atoms with van der Waals surface area (Å²) < 4.78 is 5.23. The van der Waals surface area contributed by atoms with E-state index in [-0.39, 0.29) is 24.1 Å². The van der Waals surface area contributed by atoms with Crippen molar-refractivity contribution in [3.63, 3.8) is 0 Å². The lowest BCUT2D eigenvalue weighted by atomic mass is 10.0. The zero-order valence-electron chi connectivity index (χ0n) is 11.5. The molecule has 4 heteroatoms. The maximum atomic E-state index is 11.9. The molecule has 0 radical (unpaired) electrons. The summed E-state index contributed by atoms with van der Waals surface area (Å²) in [5.74, 6) is 0.803. The van der Waals surface area contributed by atoms with Gasteiger partial charge in [0.2, 0.25) is 5.91 Å². The third-order valence-electron chi connectivity index (χ3n) is 3.31. The van der Waals surface area contributed by atoms with Crippen molar-refractivity contribution in [3.8, 4) is 0 Å². The fraction of sp³-hybridized carbons (Fsp3) is 0.923. The van der Waals surface area contributed by atoms with Gasteiger partial charge in [-0.25, -0.2) is 0 Å². The van der Waals surface area contributed by atoms with Crippen LogP contribution < -0.4 is 10.6 Å². The molecule has 0 aliphatic carbocycles. The summed E-state index contributed by atoms with van der Waals surface area (Å²) >= 11 is 0. The molecule has 0 saturated carbocycles. The number of carbonyl (C=O) groups is 1. The molecule has 0 spiro atoms. The van der Waals surface area contributed by atoms with Crippen LogP contribution in [0.25, 0.3) is 0 Å². The molecule has 1 fully saturated rings. The third kappa shape index (κ3) is 5.04. The highest BCUT2D eigenvalue weighted by molar-refractivity contribution is 5.82. The first-order valence-corrected chi connectivity index (χ1v) is 6.59. The Hall–Kier alpha value is -0.610. The molecule has 4 nitrogen and oxygen atoms in total. The summed E-state index contributed by atoms with van der Waals surface area (Å²) in [4.78, 5) is 11.9. The molecule has 100 valence electrons. The molecule has 1 saturated heterocycles. The van der Waals surface area contributed by atoms with Crippen LogP contribution in [0.4, 0.5) is 0 Å². The summed E-state index contributed by atoms with van der Waals surface area (Å²) in [7, 11) is 1.69. The van der Waals surface area contributed by atoms with Crippen molar-refractivity contribution < 1.29 is 9.53 Å². The van der Waals surface area contributed by atoms with Crippen molar-refractivity contribution in [2.24, 2.45) is 5.92 Å². The minimum Gasteiger partial charge on any atom is -0.380 e. The second kappa shape index (κ2) is 6.97. The zero-order chi connectivity index (χ0) is 12.8. The van der Waals surface area contributed by atoms with Gasteiger partial charge in [0.25, 0.3) is 0 Å². The SMILES string of the molecule is COC1CNC(C(=O)NC(C)CCC(C)C)C1. The van der Waals surface area contributed by atoms with E-state index in [2.05, 4.69) is 31.4 Å². The van der Waals surface area contributed by atoms with E-state index in [0.717, 1.165) is 25.8 Å². The maximum Gasteiger partial charge on any atom is 0.237 e. The molecule has 0 bridgehead atoms. The standard InChI is InChI=1S/C13H26N2O2/c1-9(2)5-6-10(3)15-13(16)12-7-11(17-4)8-14-12/h9-12,14H,5-8H2,1-4H3,(H,15,16). The predicted octanol–water partition coefficient (Wildman–Crippen LogP) is 1.30. The predicted molar refractivity (Wildman–Crippen MR) is 68.9 cm³/mol. The molecule has 3 unspecified atom stereocenters. The van der Waals surface area contributed by atoms with E-state index in [1.807, 2.05) is 0 Å². The van der Waals surface area contributed by atoms with Crippen LogP contribution in [0.2, 0.25) is 0 Å². The Morgan fingerprint density at radius 1 is 1.41 bits per heavy atom. The lowest BCUT2D eigenvalue weighted by molar-refractivity contribution is -0.123. The molecule has 2 N–H and O–H groups in total. The van der Waals surface area contributed by atoms with Gasteiger partial charge in [-0.05, 0) is 32.1 Å². The van der Waals surface area contributed by atoms with Crippen molar-refractivity contribution in [1.82, 2.24) is 10.6 Å². The smallest absolute Gasteiger partial charge is 0.237 e. The van der Waals surface area contributed by atoms with Crippen LogP contribution in [0.15, 0.2) is 0 Å². The normalized spacial score (nSPS) is 26.2. The van der Waals surface area contributed by atoms with Gasteiger partial charge in [-0.1, -0.05) is 13.8 Å². The molecular weight excluding hydrogens is 216 g/mol. The molecule has 1 heterocycles. The minimum atomic E-state index is -0.0820. The van der Waals surface area contributed by atoms with Gasteiger partial charge in [-0.2, -0.15) is 0 Å². The first-order chi connectivity index (χ1) is 8.02. The number of ether oxygens (including phenoxy) is 1. The summed E-state index contributed by atoms with van der Waals surface area (Å²) in [6.07, 6.45) is 3.15. The molecule has 1 aliphatic rings. The van der Waals surface area contributed by atoms with Gasteiger partial charge in [-0.3, -0.25) is 4.79 Å². The number of methoxy groups -OCH3 is 1. The molecule has 3 atom stereocenters. The van der Waals surface area contributed by atoms with E-state index in [1.54, 1.807) is 7.11 Å². The molecule has 17 heavy (non-hydrogen) atoms. The van der Waals surface area contributed by atoms with E-state index in [9.17, 15) is 4.79 Å². The average Bonchev–Trinajstić information content (AvgIpc) is 2.74. The van der Waals surface area contributed by atoms with Crippen molar-refractivity contribution >= 4 is 5.91 Å². The fourth-order valence-corrected chi connectivity index (χ4v) is 2.08. The molecule has 0 aromatic heterocycles. The Morgan fingerprint density at radius 3 is 2.65 bits per heavy atom. The second-order valence-electron chi connectivity index (χ2n) is 5.44. The van der Waals surface area contributed by atoms with Crippen molar-refractivity contribution in [2.45, 2.75) is 58.2 Å². The fourth-order valence-electron chi connectivity index (χ4n) is 2.08. The van der Waals surface area contributed by atoms with Gasteiger partial charge >= 0.3 is 0 Å². The number of nitrogens with one attached hydrogen (secondary N) is 2. The van der Waals surface area contributed by atoms with Crippen molar-refractivity contribution in [1.29, 1.82) is 0 Å². The van der Waals surface area contributed by atoms with Gasteiger partial charge in [0.15, 0.2) is 0 Å². The summed E-state index contributed by atoms with van der Waals surface area (Å²) in [5, 5.41) is 6.26. The van der Waals surface area contributed by atoms with E-state index < -0.39 is 0 Å². The highest BCUT2D eigenvalue weighted by atomic mass is 16.5. The van der Waals surface area contributed by atoms with Gasteiger partial charge in [-0.15, -0.1) is 0 Å². The Morgan fingerprint density at radius 2 is 2.12 bits per heavy atom. The second-order valence-corrected chi connectivity index (χ2v) is 5.44. The van der Waals surface area contributed by atoms with E-state index in [4.69, 9.17) is 4.74 Å². The Balaban J connectivity index is 2.24. The molecule has 1 amide bonds. The molecule has 1 rings (SSSR count). The van der Waals surface area contributed by atoms with Crippen LogP contribution in [0, 0.1) is 5.92 Å². The van der Waals surface area contributed by atoms with Crippen molar-refractivity contribution in [3.05, 3.63) is 0 Å². The van der Waals surface area contributed by atoms with E-state index in [1.165, 1.54) is 0 Å². The molecule has 0 aromatic carbocycles. The summed E-state index contributed by atoms with van der Waals surface area (Å²) in [5.41, 5.74) is 0. The minimum absolute atomic E-state index is 0.0820. The Labute approximate surface area is 104 Å². The van der Waals surface area contributed by atoms with Crippen LogP contribution in [-0.4, -0.2) is 37.7 Å². The lowest BCUT2D eigenvalue weighted by Gasteiger charge is -2.18. The highest BCUT2D eigenvalue weighted by Gasteiger charge is 2.29. The van der Waals surface area contributed by atoms with E-state index in [0.29, 0.717) is 5.92 Å². The largest absolute Gasteiger partial charge is 0.380 e. The van der Waals surface area contributed by atoms with Crippen LogP contribution in [0.3, 0.4) is 0 Å². The zero-order valence-corrected chi connectivity index (χ0v) is 11.5. The summed E-state index contributed by atoms with van der Waals surface area (Å²) in [6.45, 7) is 7.25. The summed E-state index contributed by atoms with van der Waals surface area (Å²) in [6, 6.07) is 0.176. The third-order valence-corrected chi connectivity index (χ3v) is 3.31. The molecule has 1 aliphatic heterocycles. The number of amides is 1. The van der Waals surface area contributed by atoms with Gasteiger partial charge in [0.05, 0.1) is 12.1 Å².